The summed E-state index contributed by atoms with van der Waals surface area (Å²) >= 11 is 3.24. The third-order valence-corrected chi connectivity index (χ3v) is 3.42. The van der Waals surface area contributed by atoms with Crippen LogP contribution < -0.4 is 5.32 Å². The summed E-state index contributed by atoms with van der Waals surface area (Å²) in [6.45, 7) is 3.47. The predicted molar refractivity (Wildman–Crippen MR) is 77.1 cm³/mol. The molecule has 1 amide bonds. The molecule has 2 N–H and O–H groups in total. The second kappa shape index (κ2) is 6.82. The number of aliphatic hydroxyl groups is 1. The van der Waals surface area contributed by atoms with Crippen LogP contribution in [0.2, 0.25) is 0 Å². The summed E-state index contributed by atoms with van der Waals surface area (Å²) in [5.41, 5.74) is -0.330. The van der Waals surface area contributed by atoms with E-state index in [0.29, 0.717) is 12.0 Å². The largest absolute Gasteiger partial charge is 0.394 e. The Morgan fingerprint density at radius 3 is 2.84 bits per heavy atom. The van der Waals surface area contributed by atoms with Crippen LogP contribution in [-0.4, -0.2) is 23.2 Å². The highest BCUT2D eigenvalue weighted by Crippen LogP contribution is 2.16. The van der Waals surface area contributed by atoms with Crippen molar-refractivity contribution in [2.75, 3.05) is 6.61 Å². The SMILES string of the molecule is CCC(C)(CO)NC(=O)C=Cc1cc(Br)ccc1F. The molecule has 0 saturated heterocycles. The lowest BCUT2D eigenvalue weighted by atomic mass is 10.0. The van der Waals surface area contributed by atoms with Crippen LogP contribution in [0.1, 0.15) is 25.8 Å². The van der Waals surface area contributed by atoms with Crippen LogP contribution >= 0.6 is 15.9 Å². The van der Waals surface area contributed by atoms with Gasteiger partial charge in [0.15, 0.2) is 0 Å². The van der Waals surface area contributed by atoms with E-state index in [1.54, 1.807) is 19.1 Å². The standard InChI is InChI=1S/C14H17BrFNO2/c1-3-14(2,9-18)17-13(19)7-4-10-8-11(15)5-6-12(10)16/h4-8,18H,3,9H2,1-2H3,(H,17,19). The number of rotatable bonds is 5. The number of nitrogens with one attached hydrogen (secondary N) is 1. The van der Waals surface area contributed by atoms with Crippen LogP contribution in [0.15, 0.2) is 28.7 Å². The van der Waals surface area contributed by atoms with E-state index in [2.05, 4.69) is 21.2 Å². The van der Waals surface area contributed by atoms with Gasteiger partial charge in [0.25, 0.3) is 0 Å². The average molecular weight is 330 g/mol. The number of hydrogen-bond donors (Lipinski definition) is 2. The zero-order chi connectivity index (χ0) is 14.5. The Kier molecular flexibility index (Phi) is 5.69. The number of amides is 1. The van der Waals surface area contributed by atoms with Crippen molar-refractivity contribution >= 4 is 27.9 Å². The lowest BCUT2D eigenvalue weighted by molar-refractivity contribution is -0.118. The summed E-state index contributed by atoms with van der Waals surface area (Å²) in [7, 11) is 0. The molecule has 1 rings (SSSR count). The van der Waals surface area contributed by atoms with Gasteiger partial charge in [0.05, 0.1) is 12.1 Å². The number of aliphatic hydroxyl groups excluding tert-OH is 1. The van der Waals surface area contributed by atoms with Gasteiger partial charge in [-0.25, -0.2) is 4.39 Å². The first-order chi connectivity index (χ1) is 8.90. The molecule has 104 valence electrons. The molecule has 0 aliphatic carbocycles. The summed E-state index contributed by atoms with van der Waals surface area (Å²) < 4.78 is 14.2. The number of carbonyl (C=O) groups is 1. The number of benzene rings is 1. The monoisotopic (exact) mass is 329 g/mol. The van der Waals surface area contributed by atoms with Gasteiger partial charge in [-0.05, 0) is 37.6 Å². The van der Waals surface area contributed by atoms with Crippen LogP contribution in [0.25, 0.3) is 6.08 Å². The van der Waals surface area contributed by atoms with Gasteiger partial charge in [-0.1, -0.05) is 22.9 Å². The molecule has 1 unspecified atom stereocenters. The van der Waals surface area contributed by atoms with E-state index in [-0.39, 0.29) is 12.5 Å². The second-order valence-corrected chi connectivity index (χ2v) is 5.48. The average Bonchev–Trinajstić information content (AvgIpc) is 2.39. The molecule has 0 aliphatic heterocycles. The molecule has 19 heavy (non-hydrogen) atoms. The van der Waals surface area contributed by atoms with E-state index in [0.717, 1.165) is 4.47 Å². The third-order valence-electron chi connectivity index (χ3n) is 2.93. The van der Waals surface area contributed by atoms with E-state index < -0.39 is 11.4 Å². The van der Waals surface area contributed by atoms with Crippen molar-refractivity contribution in [1.29, 1.82) is 0 Å². The van der Waals surface area contributed by atoms with E-state index in [1.165, 1.54) is 18.2 Å². The molecule has 0 heterocycles. The highest BCUT2D eigenvalue weighted by molar-refractivity contribution is 9.10. The molecule has 0 aromatic heterocycles. The van der Waals surface area contributed by atoms with E-state index in [1.807, 2.05) is 6.92 Å². The fourth-order valence-electron chi connectivity index (χ4n) is 1.39. The molecule has 5 heteroatoms. The highest BCUT2D eigenvalue weighted by Gasteiger charge is 2.21. The molecule has 0 bridgehead atoms. The smallest absolute Gasteiger partial charge is 0.244 e. The summed E-state index contributed by atoms with van der Waals surface area (Å²) in [4.78, 5) is 11.7. The van der Waals surface area contributed by atoms with E-state index in [9.17, 15) is 14.3 Å². The van der Waals surface area contributed by atoms with E-state index in [4.69, 9.17) is 0 Å². The molecule has 0 fully saturated rings. The summed E-state index contributed by atoms with van der Waals surface area (Å²) in [6, 6.07) is 4.50. The van der Waals surface area contributed by atoms with Crippen molar-refractivity contribution < 1.29 is 14.3 Å². The molecule has 0 radical (unpaired) electrons. The molecular formula is C14H17BrFNO2. The first-order valence-corrected chi connectivity index (χ1v) is 6.75. The summed E-state index contributed by atoms with van der Waals surface area (Å²) in [5.74, 6) is -0.759. The Labute approximate surface area is 120 Å². The lowest BCUT2D eigenvalue weighted by Gasteiger charge is -2.26. The number of halogens is 2. The van der Waals surface area contributed by atoms with Crippen molar-refractivity contribution in [1.82, 2.24) is 5.32 Å². The van der Waals surface area contributed by atoms with Gasteiger partial charge in [0.1, 0.15) is 5.82 Å². The van der Waals surface area contributed by atoms with Crippen molar-refractivity contribution in [3.8, 4) is 0 Å². The van der Waals surface area contributed by atoms with Gasteiger partial charge in [-0.3, -0.25) is 4.79 Å². The van der Waals surface area contributed by atoms with Gasteiger partial charge in [-0.15, -0.1) is 0 Å². The first-order valence-electron chi connectivity index (χ1n) is 5.96. The van der Waals surface area contributed by atoms with Crippen LogP contribution in [0.5, 0.6) is 0 Å². The van der Waals surface area contributed by atoms with Crippen molar-refractivity contribution in [2.24, 2.45) is 0 Å². The minimum atomic E-state index is -0.656. The van der Waals surface area contributed by atoms with Crippen molar-refractivity contribution in [3.63, 3.8) is 0 Å². The molecule has 1 aromatic rings. The number of hydrogen-bond acceptors (Lipinski definition) is 2. The molecule has 1 aromatic carbocycles. The Balaban J connectivity index is 2.76. The normalized spacial score (nSPS) is 14.4. The first kappa shape index (κ1) is 15.9. The van der Waals surface area contributed by atoms with Crippen molar-refractivity contribution in [2.45, 2.75) is 25.8 Å². The second-order valence-electron chi connectivity index (χ2n) is 4.56. The molecule has 0 spiro atoms. The van der Waals surface area contributed by atoms with Crippen LogP contribution in [0, 0.1) is 5.82 Å². The number of carbonyl (C=O) groups excluding carboxylic acids is 1. The molecule has 3 nitrogen and oxygen atoms in total. The maximum atomic E-state index is 13.4. The quantitative estimate of drug-likeness (QED) is 0.816. The third kappa shape index (κ3) is 4.76. The van der Waals surface area contributed by atoms with Gasteiger partial charge < -0.3 is 10.4 Å². The zero-order valence-electron chi connectivity index (χ0n) is 10.9. The maximum absolute atomic E-state index is 13.4. The topological polar surface area (TPSA) is 49.3 Å². The van der Waals surface area contributed by atoms with Gasteiger partial charge in [-0.2, -0.15) is 0 Å². The van der Waals surface area contributed by atoms with Crippen molar-refractivity contribution in [3.05, 3.63) is 40.1 Å². The fourth-order valence-corrected chi connectivity index (χ4v) is 1.77. The Morgan fingerprint density at radius 1 is 1.58 bits per heavy atom. The van der Waals surface area contributed by atoms with Gasteiger partial charge in [0, 0.05) is 16.1 Å². The predicted octanol–water partition coefficient (Wildman–Crippen LogP) is 2.88. The van der Waals surface area contributed by atoms with E-state index >= 15 is 0 Å². The minimum absolute atomic E-state index is 0.145. The maximum Gasteiger partial charge on any atom is 0.244 e. The van der Waals surface area contributed by atoms with Crippen LogP contribution in [0.4, 0.5) is 4.39 Å². The Bertz CT molecular complexity index is 484. The molecule has 1 atom stereocenters. The minimum Gasteiger partial charge on any atom is -0.394 e. The molecular weight excluding hydrogens is 313 g/mol. The molecule has 0 aliphatic rings. The van der Waals surface area contributed by atoms with Crippen LogP contribution in [0.3, 0.4) is 0 Å². The molecule has 0 saturated carbocycles. The van der Waals surface area contributed by atoms with Crippen LogP contribution in [-0.2, 0) is 4.79 Å². The lowest BCUT2D eigenvalue weighted by Crippen LogP contribution is -2.47. The summed E-state index contributed by atoms with van der Waals surface area (Å²) in [6.07, 6.45) is 3.27. The Morgan fingerprint density at radius 2 is 2.26 bits per heavy atom. The summed E-state index contributed by atoms with van der Waals surface area (Å²) in [5, 5.41) is 11.9. The zero-order valence-corrected chi connectivity index (χ0v) is 12.5. The van der Waals surface area contributed by atoms with Gasteiger partial charge in [0.2, 0.25) is 5.91 Å². The van der Waals surface area contributed by atoms with Gasteiger partial charge >= 0.3 is 0 Å². The highest BCUT2D eigenvalue weighted by atomic mass is 79.9. The fraction of sp³-hybridized carbons (Fsp3) is 0.357. The Hall–Kier alpha value is -1.20.